The molecule has 0 spiro atoms. The van der Waals surface area contributed by atoms with E-state index in [-0.39, 0.29) is 22.6 Å². The van der Waals surface area contributed by atoms with E-state index < -0.39 is 0 Å². The molecule has 4 aromatic rings. The van der Waals surface area contributed by atoms with Crippen LogP contribution in [0.2, 0.25) is 0 Å². The molecule has 0 saturated carbocycles. The van der Waals surface area contributed by atoms with Crippen molar-refractivity contribution >= 4 is 17.5 Å². The van der Waals surface area contributed by atoms with Crippen molar-refractivity contribution in [1.82, 2.24) is 14.8 Å². The molecule has 0 aliphatic rings. The van der Waals surface area contributed by atoms with Gasteiger partial charge >= 0.3 is 0 Å². The molecular weight excluding hydrogens is 417 g/mol. The van der Waals surface area contributed by atoms with Crippen LogP contribution in [-0.2, 0) is 0 Å². The number of carbonyl (C=O) groups is 1. The lowest BCUT2D eigenvalue weighted by Gasteiger charge is -2.10. The topological polar surface area (TPSA) is 70.2 Å². The fraction of sp³-hybridized carbons (Fsp3) is 0.174. The number of rotatable bonds is 7. The molecule has 0 amide bonds. The summed E-state index contributed by atoms with van der Waals surface area (Å²) in [6, 6.07) is 15.6. The number of aromatic nitrogens is 3. The number of ketones is 1. The van der Waals surface area contributed by atoms with Gasteiger partial charge in [0.05, 0.1) is 24.1 Å². The van der Waals surface area contributed by atoms with Crippen LogP contribution in [-0.4, -0.2) is 33.4 Å². The molecule has 158 valence electrons. The van der Waals surface area contributed by atoms with Crippen molar-refractivity contribution in [2.45, 2.75) is 19.1 Å². The van der Waals surface area contributed by atoms with E-state index in [9.17, 15) is 9.18 Å². The second-order valence-electron chi connectivity index (χ2n) is 6.86. The number of benzene rings is 2. The standard InChI is InChI=1S/C23H20FN3O3S/c1-14-12-17(15(2)27(14)19-10-6-5-9-18(19)24)20(28)13-31-23-26-25-22(30-23)16-8-4-7-11-21(16)29-3/h4-12H,13H2,1-3H3. The number of hydrogen-bond donors (Lipinski definition) is 0. The second kappa shape index (κ2) is 8.77. The van der Waals surface area contributed by atoms with Crippen LogP contribution in [0.4, 0.5) is 4.39 Å². The molecule has 2 aromatic heterocycles. The first-order valence-corrected chi connectivity index (χ1v) is 10.5. The van der Waals surface area contributed by atoms with Crippen LogP contribution in [0.15, 0.2) is 64.2 Å². The molecule has 0 fully saturated rings. The number of aryl methyl sites for hydroxylation is 1. The molecule has 0 atom stereocenters. The minimum Gasteiger partial charge on any atom is -0.496 e. The SMILES string of the molecule is COc1ccccc1-c1nnc(SCC(=O)c2cc(C)n(-c3ccccc3F)c2C)o1. The maximum Gasteiger partial charge on any atom is 0.277 e. The summed E-state index contributed by atoms with van der Waals surface area (Å²) in [7, 11) is 1.57. The van der Waals surface area contributed by atoms with Gasteiger partial charge in [-0.05, 0) is 44.2 Å². The highest BCUT2D eigenvalue weighted by molar-refractivity contribution is 7.99. The highest BCUT2D eigenvalue weighted by atomic mass is 32.2. The van der Waals surface area contributed by atoms with Gasteiger partial charge in [0.15, 0.2) is 5.78 Å². The lowest BCUT2D eigenvalue weighted by Crippen LogP contribution is -2.06. The van der Waals surface area contributed by atoms with E-state index in [1.165, 1.54) is 6.07 Å². The normalized spacial score (nSPS) is 11.0. The fourth-order valence-corrected chi connectivity index (χ4v) is 4.10. The van der Waals surface area contributed by atoms with E-state index in [1.54, 1.807) is 42.0 Å². The summed E-state index contributed by atoms with van der Waals surface area (Å²) in [5.41, 5.74) is 3.12. The van der Waals surface area contributed by atoms with Crippen molar-refractivity contribution in [2.24, 2.45) is 0 Å². The van der Waals surface area contributed by atoms with Crippen molar-refractivity contribution in [2.75, 3.05) is 12.9 Å². The predicted octanol–water partition coefficient (Wildman–Crippen LogP) is 5.27. The van der Waals surface area contributed by atoms with Gasteiger partial charge in [-0.2, -0.15) is 0 Å². The molecule has 4 rings (SSSR count). The summed E-state index contributed by atoms with van der Waals surface area (Å²) in [5.74, 6) is 0.629. The first-order chi connectivity index (χ1) is 15.0. The summed E-state index contributed by atoms with van der Waals surface area (Å²) in [6.45, 7) is 3.66. The Bertz CT molecular complexity index is 1250. The van der Waals surface area contributed by atoms with Crippen molar-refractivity contribution in [3.63, 3.8) is 0 Å². The number of carbonyl (C=O) groups excluding carboxylic acids is 1. The van der Waals surface area contributed by atoms with Gasteiger partial charge in [-0.1, -0.05) is 36.0 Å². The third-order valence-corrected chi connectivity index (χ3v) is 5.71. The highest BCUT2D eigenvalue weighted by Crippen LogP contribution is 2.31. The summed E-state index contributed by atoms with van der Waals surface area (Å²) in [5, 5.41) is 8.37. The number of hydrogen-bond acceptors (Lipinski definition) is 6. The molecule has 2 aromatic carbocycles. The molecule has 8 heteroatoms. The molecule has 2 heterocycles. The van der Waals surface area contributed by atoms with E-state index in [0.29, 0.717) is 34.1 Å². The molecule has 0 aliphatic heterocycles. The van der Waals surface area contributed by atoms with Crippen LogP contribution in [0.5, 0.6) is 5.75 Å². The Morgan fingerprint density at radius 1 is 1.13 bits per heavy atom. The smallest absolute Gasteiger partial charge is 0.277 e. The van der Waals surface area contributed by atoms with Gasteiger partial charge in [-0.3, -0.25) is 4.79 Å². The monoisotopic (exact) mass is 437 g/mol. The van der Waals surface area contributed by atoms with Gasteiger partial charge in [-0.25, -0.2) is 4.39 Å². The Balaban J connectivity index is 1.51. The Labute approximate surface area is 183 Å². The maximum atomic E-state index is 14.3. The molecule has 6 nitrogen and oxygen atoms in total. The van der Waals surface area contributed by atoms with Crippen LogP contribution in [0.25, 0.3) is 17.1 Å². The van der Waals surface area contributed by atoms with Gasteiger partial charge in [0.2, 0.25) is 0 Å². The minimum atomic E-state index is -0.340. The molecule has 0 bridgehead atoms. The van der Waals surface area contributed by atoms with Gasteiger partial charge < -0.3 is 13.7 Å². The van der Waals surface area contributed by atoms with Crippen LogP contribution >= 0.6 is 11.8 Å². The Morgan fingerprint density at radius 2 is 1.87 bits per heavy atom. The number of nitrogens with zero attached hydrogens (tertiary/aromatic N) is 3. The fourth-order valence-electron chi connectivity index (χ4n) is 3.45. The van der Waals surface area contributed by atoms with Crippen LogP contribution < -0.4 is 4.74 Å². The summed E-state index contributed by atoms with van der Waals surface area (Å²) in [4.78, 5) is 12.9. The quantitative estimate of drug-likeness (QED) is 0.290. The van der Waals surface area contributed by atoms with Gasteiger partial charge in [0, 0.05) is 17.0 Å². The van der Waals surface area contributed by atoms with Gasteiger partial charge in [0.1, 0.15) is 11.6 Å². The zero-order valence-corrected chi connectivity index (χ0v) is 18.1. The van der Waals surface area contributed by atoms with Crippen molar-refractivity contribution in [3.05, 3.63) is 77.4 Å². The first-order valence-electron chi connectivity index (χ1n) is 9.56. The van der Waals surface area contributed by atoms with Crippen molar-refractivity contribution in [1.29, 1.82) is 0 Å². The maximum absolute atomic E-state index is 14.3. The first kappa shape index (κ1) is 20.9. The molecule has 0 aliphatic carbocycles. The zero-order valence-electron chi connectivity index (χ0n) is 17.3. The van der Waals surface area contributed by atoms with E-state index in [0.717, 1.165) is 17.5 Å². The molecule has 0 N–H and O–H groups in total. The summed E-state index contributed by atoms with van der Waals surface area (Å²) in [6.07, 6.45) is 0. The highest BCUT2D eigenvalue weighted by Gasteiger charge is 2.20. The number of Topliss-reactive ketones (excluding diaryl/α,β-unsaturated/α-hetero) is 1. The largest absolute Gasteiger partial charge is 0.496 e. The van der Waals surface area contributed by atoms with E-state index in [1.807, 2.05) is 32.0 Å². The minimum absolute atomic E-state index is 0.0993. The Hall–Kier alpha value is -3.39. The second-order valence-corrected chi connectivity index (χ2v) is 7.78. The van der Waals surface area contributed by atoms with Crippen LogP contribution in [0.1, 0.15) is 21.7 Å². The zero-order chi connectivity index (χ0) is 22.0. The van der Waals surface area contributed by atoms with Crippen molar-refractivity contribution < 1.29 is 18.3 Å². The third-order valence-electron chi connectivity index (χ3n) is 4.90. The number of ether oxygens (including phenoxy) is 1. The number of thioether (sulfide) groups is 1. The van der Waals surface area contributed by atoms with Gasteiger partial charge in [-0.15, -0.1) is 10.2 Å². The average Bonchev–Trinajstić information content (AvgIpc) is 3.37. The van der Waals surface area contributed by atoms with Crippen molar-refractivity contribution in [3.8, 4) is 22.9 Å². The number of methoxy groups -OCH3 is 1. The molecule has 0 saturated heterocycles. The lowest BCUT2D eigenvalue weighted by atomic mass is 10.2. The lowest BCUT2D eigenvalue weighted by molar-refractivity contribution is 0.102. The van der Waals surface area contributed by atoms with Gasteiger partial charge in [0.25, 0.3) is 11.1 Å². The van der Waals surface area contributed by atoms with Crippen LogP contribution in [0.3, 0.4) is 0 Å². The summed E-state index contributed by atoms with van der Waals surface area (Å²) >= 11 is 1.16. The Kier molecular flexibility index (Phi) is 5.90. The number of para-hydroxylation sites is 2. The third kappa shape index (κ3) is 4.11. The number of halogens is 1. The van der Waals surface area contributed by atoms with E-state index in [4.69, 9.17) is 9.15 Å². The molecule has 0 radical (unpaired) electrons. The Morgan fingerprint density at radius 3 is 2.65 bits per heavy atom. The summed E-state index contributed by atoms with van der Waals surface area (Å²) < 4.78 is 27.0. The predicted molar refractivity (Wildman–Crippen MR) is 117 cm³/mol. The molecule has 31 heavy (non-hydrogen) atoms. The van der Waals surface area contributed by atoms with E-state index in [2.05, 4.69) is 10.2 Å². The molecular formula is C23H20FN3O3S. The van der Waals surface area contributed by atoms with Crippen LogP contribution in [0, 0.1) is 19.7 Å². The average molecular weight is 437 g/mol. The molecule has 0 unspecified atom stereocenters. The van der Waals surface area contributed by atoms with E-state index >= 15 is 0 Å².